The van der Waals surface area contributed by atoms with Gasteiger partial charge in [-0.3, -0.25) is 4.99 Å². The Morgan fingerprint density at radius 2 is 2.06 bits per heavy atom. The molecule has 80 valence electrons. The third kappa shape index (κ3) is 1.37. The number of halogens is 1. The second kappa shape index (κ2) is 3.61. The number of benzene rings is 1. The van der Waals surface area contributed by atoms with Crippen LogP contribution in [-0.4, -0.2) is 17.3 Å². The van der Waals surface area contributed by atoms with Crippen LogP contribution in [0.3, 0.4) is 0 Å². The molecule has 0 radical (unpaired) electrons. The van der Waals surface area contributed by atoms with Gasteiger partial charge in [0.2, 0.25) is 0 Å². The van der Waals surface area contributed by atoms with E-state index in [4.69, 9.17) is 5.11 Å². The minimum Gasteiger partial charge on any atom is -0.478 e. The molecule has 1 aromatic rings. The summed E-state index contributed by atoms with van der Waals surface area (Å²) >= 11 is 0. The normalized spacial score (nSPS) is 14.1. The smallest absolute Gasteiger partial charge is 0.336 e. The molecule has 0 saturated carbocycles. The average molecular weight is 234 g/mol. The summed E-state index contributed by atoms with van der Waals surface area (Å²) in [5.41, 5.74) is 2.14. The minimum atomic E-state index is -0.893. The highest BCUT2D eigenvalue weighted by Crippen LogP contribution is 2.14. The average Bonchev–Trinajstić information content (AvgIpc) is 2.77. The summed E-state index contributed by atoms with van der Waals surface area (Å²) in [6.45, 7) is 0. The quantitative estimate of drug-likeness (QED) is 0.783. The van der Waals surface area contributed by atoms with Gasteiger partial charge in [0.25, 0.3) is 0 Å². The van der Waals surface area contributed by atoms with E-state index in [2.05, 4.69) is 4.99 Å². The van der Waals surface area contributed by atoms with Crippen molar-refractivity contribution in [3.8, 4) is 0 Å². The molecule has 0 saturated heterocycles. The highest BCUT2D eigenvalue weighted by atomic mass is 35.5. The first kappa shape index (κ1) is 10.6. The zero-order valence-corrected chi connectivity index (χ0v) is 8.99. The molecule has 2 aliphatic rings. The first-order valence-electron chi connectivity index (χ1n) is 4.60. The molecule has 0 bridgehead atoms. The maximum atomic E-state index is 10.9. The van der Waals surface area contributed by atoms with Crippen molar-refractivity contribution in [2.45, 2.75) is 0 Å². The number of hydrogen-bond donors (Lipinski definition) is 1. The van der Waals surface area contributed by atoms with Crippen LogP contribution in [-0.2, 0) is 4.79 Å². The van der Waals surface area contributed by atoms with E-state index in [1.807, 2.05) is 24.3 Å². The van der Waals surface area contributed by atoms with E-state index in [9.17, 15) is 4.79 Å². The molecule has 0 atom stereocenters. The van der Waals surface area contributed by atoms with Crippen LogP contribution in [0.15, 0.2) is 23.2 Å². The summed E-state index contributed by atoms with van der Waals surface area (Å²) in [5, 5.41) is 10.8. The van der Waals surface area contributed by atoms with Crippen LogP contribution in [0.1, 0.15) is 5.56 Å². The first-order valence-corrected chi connectivity index (χ1v) is 4.60. The maximum Gasteiger partial charge on any atom is 0.336 e. The standard InChI is InChI=1S/C12H7NO2.ClH/c14-12(15)9-2-1-7-5-8-3-4-13-11(8)6-10(7)9;/h1-6H,(H,14,15);1H. The molecular weight excluding hydrogens is 226 g/mol. The lowest BCUT2D eigenvalue weighted by atomic mass is 10.1. The van der Waals surface area contributed by atoms with Crippen LogP contribution in [0.25, 0.3) is 17.7 Å². The van der Waals surface area contributed by atoms with E-state index in [1.54, 1.807) is 12.3 Å². The molecule has 1 aliphatic carbocycles. The number of carboxylic acid groups (broad SMARTS) is 1. The van der Waals surface area contributed by atoms with Crippen molar-refractivity contribution in [2.24, 2.45) is 4.99 Å². The van der Waals surface area contributed by atoms with Gasteiger partial charge in [-0.05, 0) is 35.1 Å². The number of carbonyl (C=O) groups is 1. The van der Waals surface area contributed by atoms with Crippen molar-refractivity contribution in [3.05, 3.63) is 34.2 Å². The molecule has 1 aliphatic heterocycles. The number of carboxylic acids is 1. The van der Waals surface area contributed by atoms with Crippen LogP contribution < -0.4 is 10.4 Å². The van der Waals surface area contributed by atoms with Crippen LogP contribution in [0.4, 0.5) is 5.69 Å². The molecule has 16 heavy (non-hydrogen) atoms. The Balaban J connectivity index is 0.000000963. The third-order valence-corrected chi connectivity index (χ3v) is 2.62. The van der Waals surface area contributed by atoms with Crippen molar-refractivity contribution < 1.29 is 9.90 Å². The van der Waals surface area contributed by atoms with Gasteiger partial charge in [-0.2, -0.15) is 0 Å². The topological polar surface area (TPSA) is 49.7 Å². The number of fused-ring (bicyclic) bond motifs is 2. The number of hydrogen-bond acceptors (Lipinski definition) is 2. The van der Waals surface area contributed by atoms with Crippen molar-refractivity contribution in [2.75, 3.05) is 0 Å². The van der Waals surface area contributed by atoms with E-state index in [1.165, 1.54) is 0 Å². The van der Waals surface area contributed by atoms with Gasteiger partial charge in [-0.25, -0.2) is 4.79 Å². The van der Waals surface area contributed by atoms with Crippen molar-refractivity contribution in [1.29, 1.82) is 0 Å². The fraction of sp³-hybridized carbons (Fsp3) is 0. The van der Waals surface area contributed by atoms with Crippen LogP contribution in [0.2, 0.25) is 0 Å². The number of aliphatic carboxylic acids is 1. The molecule has 1 N–H and O–H groups in total. The van der Waals surface area contributed by atoms with Crippen molar-refractivity contribution in [3.63, 3.8) is 0 Å². The maximum absolute atomic E-state index is 10.9. The Labute approximate surface area is 97.5 Å². The fourth-order valence-corrected chi connectivity index (χ4v) is 1.89. The first-order chi connectivity index (χ1) is 7.25. The largest absolute Gasteiger partial charge is 0.478 e. The number of rotatable bonds is 1. The summed E-state index contributed by atoms with van der Waals surface area (Å²) in [6, 6.07) is 3.79. The molecule has 1 heterocycles. The van der Waals surface area contributed by atoms with Gasteiger partial charge in [-0.15, -0.1) is 12.4 Å². The molecule has 0 aromatic heterocycles. The molecule has 3 nitrogen and oxygen atoms in total. The van der Waals surface area contributed by atoms with Crippen LogP contribution in [0.5, 0.6) is 0 Å². The van der Waals surface area contributed by atoms with E-state index >= 15 is 0 Å². The lowest BCUT2D eigenvalue weighted by Gasteiger charge is -1.96. The molecule has 1 aromatic carbocycles. The molecule has 3 rings (SSSR count). The van der Waals surface area contributed by atoms with Gasteiger partial charge < -0.3 is 5.11 Å². The molecule has 0 fully saturated rings. The highest BCUT2D eigenvalue weighted by Gasteiger charge is 2.13. The van der Waals surface area contributed by atoms with Gasteiger partial charge in [0, 0.05) is 11.4 Å². The molecule has 0 unspecified atom stereocenters. The Morgan fingerprint density at radius 1 is 1.25 bits per heavy atom. The summed E-state index contributed by atoms with van der Waals surface area (Å²) in [5.74, 6) is -0.893. The zero-order chi connectivity index (χ0) is 10.4. The Hall–Kier alpha value is -1.87. The van der Waals surface area contributed by atoms with Crippen LogP contribution in [0, 0.1) is 0 Å². The number of nitrogens with zero attached hydrogens (tertiary/aromatic N) is 1. The summed E-state index contributed by atoms with van der Waals surface area (Å²) in [6.07, 6.45) is 7.10. The molecular formula is C12H8ClNO2. The lowest BCUT2D eigenvalue weighted by Crippen LogP contribution is -2.15. The summed E-state index contributed by atoms with van der Waals surface area (Å²) in [7, 11) is 0. The van der Waals surface area contributed by atoms with Crippen molar-refractivity contribution in [1.82, 2.24) is 0 Å². The minimum absolute atomic E-state index is 0. The van der Waals surface area contributed by atoms with Gasteiger partial charge in [0.1, 0.15) is 0 Å². The lowest BCUT2D eigenvalue weighted by molar-refractivity contribution is -0.130. The van der Waals surface area contributed by atoms with E-state index in [0.717, 1.165) is 21.7 Å². The van der Waals surface area contributed by atoms with Gasteiger partial charge in [-0.1, -0.05) is 6.08 Å². The van der Waals surface area contributed by atoms with E-state index < -0.39 is 5.97 Å². The third-order valence-electron chi connectivity index (χ3n) is 2.62. The number of aliphatic imine (C=N–C) groups is 1. The van der Waals surface area contributed by atoms with E-state index in [-0.39, 0.29) is 12.4 Å². The SMILES string of the molecule is Cl.O=C(O)C1=c2cc3c(cc2C=C1)=CC=N3. The fourth-order valence-electron chi connectivity index (χ4n) is 1.89. The predicted molar refractivity (Wildman–Crippen MR) is 65.6 cm³/mol. The molecule has 0 spiro atoms. The van der Waals surface area contributed by atoms with Crippen molar-refractivity contribution >= 4 is 48.0 Å². The Bertz CT molecular complexity index is 656. The molecule has 4 heteroatoms. The highest BCUT2D eigenvalue weighted by molar-refractivity contribution is 6.15. The second-order valence-corrected chi connectivity index (χ2v) is 3.50. The summed E-state index contributed by atoms with van der Waals surface area (Å²) in [4.78, 5) is 15.1. The molecule has 0 amide bonds. The van der Waals surface area contributed by atoms with Crippen LogP contribution >= 0.6 is 12.4 Å². The summed E-state index contributed by atoms with van der Waals surface area (Å²) < 4.78 is 0. The second-order valence-electron chi connectivity index (χ2n) is 3.50. The van der Waals surface area contributed by atoms with Gasteiger partial charge in [0.15, 0.2) is 0 Å². The zero-order valence-electron chi connectivity index (χ0n) is 8.18. The van der Waals surface area contributed by atoms with Gasteiger partial charge in [0.05, 0.1) is 11.3 Å². The predicted octanol–water partition coefficient (Wildman–Crippen LogP) is 0.867. The Kier molecular flexibility index (Phi) is 2.40. The van der Waals surface area contributed by atoms with Gasteiger partial charge >= 0.3 is 5.97 Å². The Morgan fingerprint density at radius 3 is 2.81 bits per heavy atom. The monoisotopic (exact) mass is 233 g/mol. The van der Waals surface area contributed by atoms with E-state index in [0.29, 0.717) is 5.57 Å².